The van der Waals surface area contributed by atoms with Crippen molar-refractivity contribution in [1.82, 2.24) is 26.4 Å². The average molecular weight is 195 g/mol. The van der Waals surface area contributed by atoms with Crippen molar-refractivity contribution >= 4 is 12.6 Å². The van der Waals surface area contributed by atoms with Gasteiger partial charge in [-0.1, -0.05) is 18.2 Å². The first-order valence-electron chi connectivity index (χ1n) is 3.39. The molecule has 1 heterocycles. The van der Waals surface area contributed by atoms with Gasteiger partial charge in [0.15, 0.2) is 0 Å². The first kappa shape index (κ1) is 9.56. The summed E-state index contributed by atoms with van der Waals surface area (Å²) >= 11 is 4.89. The summed E-state index contributed by atoms with van der Waals surface area (Å²) in [5.74, 6) is 0. The number of tetrazole rings is 1. The zero-order valence-electron chi connectivity index (χ0n) is 7.08. The van der Waals surface area contributed by atoms with Crippen molar-refractivity contribution in [1.29, 1.82) is 0 Å². The molecule has 0 unspecified atom stereocenters. The monoisotopic (exact) mass is 195 g/mol. The molecule has 0 radical (unpaired) electrons. The van der Waals surface area contributed by atoms with Crippen molar-refractivity contribution in [2.24, 2.45) is 0 Å². The molecule has 0 aliphatic heterocycles. The first-order valence-corrected chi connectivity index (χ1v) is 3.79. The van der Waals surface area contributed by atoms with Gasteiger partial charge < -0.3 is 18.8 Å². The van der Waals surface area contributed by atoms with Gasteiger partial charge in [0.25, 0.3) is 0 Å². The van der Waals surface area contributed by atoms with Gasteiger partial charge in [0.2, 0.25) is 0 Å². The lowest BCUT2D eigenvalue weighted by Crippen LogP contribution is -1.97. The molecule has 1 aromatic heterocycles. The number of para-hydroxylation sites is 1. The molecule has 0 atom stereocenters. The molecule has 13 heavy (non-hydrogen) atoms. The van der Waals surface area contributed by atoms with E-state index in [1.165, 1.54) is 4.68 Å². The number of rotatable bonds is 1. The number of hydrogen-bond acceptors (Lipinski definition) is 4. The Morgan fingerprint density at radius 2 is 1.85 bits per heavy atom. The molecule has 0 amide bonds. The van der Waals surface area contributed by atoms with Crippen molar-refractivity contribution in [3.05, 3.63) is 30.3 Å². The van der Waals surface area contributed by atoms with Crippen molar-refractivity contribution in [3.63, 3.8) is 0 Å². The van der Waals surface area contributed by atoms with Crippen LogP contribution >= 0.6 is 0 Å². The lowest BCUT2D eigenvalue weighted by Gasteiger charge is -2.05. The fourth-order valence-corrected chi connectivity index (χ4v) is 1.09. The molecule has 2 aromatic rings. The third-order valence-corrected chi connectivity index (χ3v) is 1.70. The van der Waals surface area contributed by atoms with Gasteiger partial charge in [0, 0.05) is 5.16 Å². The van der Waals surface area contributed by atoms with Gasteiger partial charge in [-0.25, -0.2) is 4.68 Å². The molecule has 4 N–H and O–H groups in total. The van der Waals surface area contributed by atoms with E-state index in [1.807, 2.05) is 30.3 Å². The third kappa shape index (κ3) is 1.79. The Kier molecular flexibility index (Phi) is 2.88. The molecule has 0 saturated heterocycles. The second-order valence-corrected chi connectivity index (χ2v) is 2.57. The van der Waals surface area contributed by atoms with Crippen LogP contribution in [0.3, 0.4) is 0 Å². The summed E-state index contributed by atoms with van der Waals surface area (Å²) in [7, 11) is 0. The van der Waals surface area contributed by atoms with Crippen LogP contribution in [0.2, 0.25) is 0 Å². The van der Waals surface area contributed by atoms with Gasteiger partial charge in [0.1, 0.15) is 0 Å². The van der Waals surface area contributed by atoms with Gasteiger partial charge in [-0.2, -0.15) is 0 Å². The minimum atomic E-state index is 0. The van der Waals surface area contributed by atoms with E-state index in [4.69, 9.17) is 12.6 Å². The minimum Gasteiger partial charge on any atom is -0.738 e. The predicted octanol–water partition coefficient (Wildman–Crippen LogP) is 0.944. The molecule has 0 aliphatic rings. The highest BCUT2D eigenvalue weighted by Gasteiger charge is 1.95. The van der Waals surface area contributed by atoms with E-state index in [2.05, 4.69) is 15.5 Å². The lowest BCUT2D eigenvalue weighted by atomic mass is 10.3. The van der Waals surface area contributed by atoms with Gasteiger partial charge in [-0.05, 0) is 22.6 Å². The maximum Gasteiger partial charge on any atom is 0.0664 e. The van der Waals surface area contributed by atoms with Crippen molar-refractivity contribution < 1.29 is 0 Å². The van der Waals surface area contributed by atoms with Crippen LogP contribution in [0.1, 0.15) is 0 Å². The summed E-state index contributed by atoms with van der Waals surface area (Å²) < 4.78 is 1.51. The lowest BCUT2D eigenvalue weighted by molar-refractivity contribution is 0.757. The van der Waals surface area contributed by atoms with E-state index >= 15 is 0 Å². The Balaban J connectivity index is 0.000000845. The van der Waals surface area contributed by atoms with Crippen LogP contribution in [0, 0.1) is 0 Å². The van der Waals surface area contributed by atoms with Crippen molar-refractivity contribution in [2.45, 2.75) is 5.16 Å². The zero-order chi connectivity index (χ0) is 8.39. The number of quaternary nitrogens is 1. The molecule has 0 saturated carbocycles. The topological polar surface area (TPSA) is 80.1 Å². The van der Waals surface area contributed by atoms with E-state index < -0.39 is 0 Å². The first-order chi connectivity index (χ1) is 5.88. The molecule has 1 aromatic carbocycles. The predicted molar refractivity (Wildman–Crippen MR) is 50.8 cm³/mol. The Morgan fingerprint density at radius 3 is 2.38 bits per heavy atom. The quantitative estimate of drug-likeness (QED) is 0.687. The molecular weight excluding hydrogens is 186 g/mol. The van der Waals surface area contributed by atoms with E-state index in [-0.39, 0.29) is 6.15 Å². The minimum absolute atomic E-state index is 0. The molecule has 6 heteroatoms. The number of aromatic nitrogens is 4. The van der Waals surface area contributed by atoms with Crippen LogP contribution in [0.4, 0.5) is 0 Å². The number of nitrogens with zero attached hydrogens (tertiary/aromatic N) is 4. The smallest absolute Gasteiger partial charge is 0.0664 e. The summed E-state index contributed by atoms with van der Waals surface area (Å²) in [6, 6.07) is 9.53. The zero-order valence-corrected chi connectivity index (χ0v) is 7.90. The summed E-state index contributed by atoms with van der Waals surface area (Å²) in [6.07, 6.45) is 0. The highest BCUT2D eigenvalue weighted by Crippen LogP contribution is 2.05. The Hall–Kier alpha value is -1.53. The molecule has 0 fully saturated rings. The highest BCUT2D eigenvalue weighted by molar-refractivity contribution is 7.58. The van der Waals surface area contributed by atoms with Crippen LogP contribution in [-0.4, -0.2) is 20.2 Å². The van der Waals surface area contributed by atoms with E-state index in [1.54, 1.807) is 0 Å². The third-order valence-electron chi connectivity index (χ3n) is 1.44. The molecule has 68 valence electrons. The maximum absolute atomic E-state index is 4.89. The van der Waals surface area contributed by atoms with Crippen molar-refractivity contribution in [3.8, 4) is 5.69 Å². The summed E-state index contributed by atoms with van der Waals surface area (Å²) in [4.78, 5) is 0. The van der Waals surface area contributed by atoms with Gasteiger partial charge in [0.05, 0.1) is 5.69 Å². The van der Waals surface area contributed by atoms with Crippen molar-refractivity contribution in [2.75, 3.05) is 0 Å². The van der Waals surface area contributed by atoms with E-state index in [9.17, 15) is 0 Å². The standard InChI is InChI=1S/C7H6N4S.H3N/c12-7-8-9-10-11(7)6-4-2-1-3-5-6;/h1-5H,(H,8,10,12);1H3. The average Bonchev–Trinajstić information content (AvgIpc) is 2.53. The summed E-state index contributed by atoms with van der Waals surface area (Å²) in [5, 5.41) is 11.2. The second-order valence-electron chi connectivity index (χ2n) is 2.21. The van der Waals surface area contributed by atoms with Gasteiger partial charge in [-0.15, -0.1) is 5.10 Å². The van der Waals surface area contributed by atoms with Gasteiger partial charge >= 0.3 is 0 Å². The van der Waals surface area contributed by atoms with Crippen LogP contribution in [0.5, 0.6) is 0 Å². The SMILES string of the molecule is [NH4+].[S-]c1nnnn1-c1ccccc1. The van der Waals surface area contributed by atoms with Crippen LogP contribution in [-0.2, 0) is 12.6 Å². The molecule has 2 rings (SSSR count). The number of hydrogen-bond donors (Lipinski definition) is 1. The number of benzene rings is 1. The fourth-order valence-electron chi connectivity index (χ4n) is 0.910. The maximum atomic E-state index is 4.89. The Bertz CT molecular complexity index is 371. The van der Waals surface area contributed by atoms with E-state index in [0.717, 1.165) is 5.69 Å². The Morgan fingerprint density at radius 1 is 1.15 bits per heavy atom. The highest BCUT2D eigenvalue weighted by atomic mass is 32.1. The van der Waals surface area contributed by atoms with E-state index in [0.29, 0.717) is 5.16 Å². The molecule has 5 nitrogen and oxygen atoms in total. The largest absolute Gasteiger partial charge is 0.738 e. The molecule has 0 spiro atoms. The summed E-state index contributed by atoms with van der Waals surface area (Å²) in [5.41, 5.74) is 0.882. The summed E-state index contributed by atoms with van der Waals surface area (Å²) in [6.45, 7) is 0. The Labute approximate surface area is 80.8 Å². The van der Waals surface area contributed by atoms with Crippen LogP contribution in [0.25, 0.3) is 5.69 Å². The molecule has 0 bridgehead atoms. The molecule has 0 aliphatic carbocycles. The van der Waals surface area contributed by atoms with Gasteiger partial charge in [-0.3, -0.25) is 0 Å². The fraction of sp³-hybridized carbons (Fsp3) is 0. The van der Waals surface area contributed by atoms with Crippen LogP contribution < -0.4 is 6.15 Å². The normalized spacial score (nSPS) is 9.23. The second kappa shape index (κ2) is 3.92. The van der Waals surface area contributed by atoms with Crippen LogP contribution in [0.15, 0.2) is 35.5 Å². The molecular formula is C7H9N5S.